The van der Waals surface area contributed by atoms with Gasteiger partial charge in [-0.1, -0.05) is 13.8 Å². The summed E-state index contributed by atoms with van der Waals surface area (Å²) in [6.45, 7) is 5.90. The maximum absolute atomic E-state index is 13.2. The molecule has 25 heavy (non-hydrogen) atoms. The lowest BCUT2D eigenvalue weighted by Gasteiger charge is -2.30. The van der Waals surface area contributed by atoms with E-state index in [9.17, 15) is 9.36 Å². The van der Waals surface area contributed by atoms with E-state index in [-0.39, 0.29) is 6.61 Å². The minimum Gasteiger partial charge on any atom is -0.382 e. The number of hydrogen-bond acceptors (Lipinski definition) is 7. The lowest BCUT2D eigenvalue weighted by Crippen LogP contribution is -2.42. The Morgan fingerprint density at radius 2 is 1.88 bits per heavy atom. The second-order valence-corrected chi connectivity index (χ2v) is 8.58. The molecule has 1 aliphatic heterocycles. The maximum atomic E-state index is 13.2. The second-order valence-electron chi connectivity index (χ2n) is 5.63. The van der Waals surface area contributed by atoms with Gasteiger partial charge in [-0.05, 0) is 0 Å². The van der Waals surface area contributed by atoms with E-state index in [4.69, 9.17) is 35.1 Å². The van der Waals surface area contributed by atoms with Crippen LogP contribution in [0.4, 0.5) is 0 Å². The molecule has 6 atom stereocenters. The van der Waals surface area contributed by atoms with Crippen LogP contribution in [0.25, 0.3) is 0 Å². The SMILES string of the molecule is CCN(CC)P(=O)(O[C@H]1O[C@H]([C@@H](COC)OC)[C@H](OC)[C@@H]1Cl)C(C)=O. The first-order valence-electron chi connectivity index (χ1n) is 8.19. The van der Waals surface area contributed by atoms with Gasteiger partial charge < -0.3 is 18.9 Å². The Morgan fingerprint density at radius 3 is 2.28 bits per heavy atom. The number of alkyl halides is 1. The van der Waals surface area contributed by atoms with Crippen molar-refractivity contribution in [2.45, 2.75) is 50.8 Å². The molecule has 1 unspecified atom stereocenters. The number of ether oxygens (including phenoxy) is 4. The highest BCUT2D eigenvalue weighted by atomic mass is 35.5. The normalized spacial score (nSPS) is 30.4. The van der Waals surface area contributed by atoms with E-state index in [2.05, 4.69) is 0 Å². The first-order chi connectivity index (χ1) is 11.8. The van der Waals surface area contributed by atoms with Gasteiger partial charge in [0.1, 0.15) is 23.7 Å². The van der Waals surface area contributed by atoms with Crippen LogP contribution in [0, 0.1) is 0 Å². The van der Waals surface area contributed by atoms with Gasteiger partial charge in [0.2, 0.25) is 5.52 Å². The minimum atomic E-state index is -3.75. The van der Waals surface area contributed by atoms with Gasteiger partial charge in [0.25, 0.3) is 0 Å². The standard InChI is InChI=1S/C15H29ClNO7P/c1-7-17(8-2)25(19,10(3)18)24-15-12(16)14(22-6)13(23-15)11(21-5)9-20-4/h11-15H,7-9H2,1-6H3/t11-,12+,13-,14-,15-,25?/m1/s1. The third-order valence-corrected chi connectivity index (χ3v) is 7.26. The Kier molecular flexibility index (Phi) is 9.50. The fourth-order valence-corrected chi connectivity index (χ4v) is 5.14. The molecule has 0 spiro atoms. The van der Waals surface area contributed by atoms with Crippen LogP contribution in [0.15, 0.2) is 0 Å². The number of hydrogen-bond donors (Lipinski definition) is 0. The van der Waals surface area contributed by atoms with Crippen molar-refractivity contribution in [3.8, 4) is 0 Å². The molecule has 0 aromatic rings. The summed E-state index contributed by atoms with van der Waals surface area (Å²) in [7, 11) is 0.807. The molecule has 8 nitrogen and oxygen atoms in total. The highest BCUT2D eigenvalue weighted by molar-refractivity contribution is 7.73. The fourth-order valence-electron chi connectivity index (χ4n) is 2.83. The predicted octanol–water partition coefficient (Wildman–Crippen LogP) is 2.09. The van der Waals surface area contributed by atoms with Crippen molar-refractivity contribution in [2.24, 2.45) is 0 Å². The summed E-state index contributed by atoms with van der Waals surface area (Å²) in [4.78, 5) is 12.0. The fraction of sp³-hybridized carbons (Fsp3) is 0.933. The summed E-state index contributed by atoms with van der Waals surface area (Å²) in [6, 6.07) is 0. The molecule has 0 N–H and O–H groups in total. The van der Waals surface area contributed by atoms with E-state index in [1.807, 2.05) is 0 Å². The number of methoxy groups -OCH3 is 3. The highest BCUT2D eigenvalue weighted by Gasteiger charge is 2.52. The summed E-state index contributed by atoms with van der Waals surface area (Å²) in [5.41, 5.74) is -0.554. The van der Waals surface area contributed by atoms with Crippen LogP contribution in [0.3, 0.4) is 0 Å². The molecule has 0 aliphatic carbocycles. The van der Waals surface area contributed by atoms with Crippen molar-refractivity contribution in [2.75, 3.05) is 41.0 Å². The topological polar surface area (TPSA) is 83.5 Å². The number of nitrogens with zero attached hydrogens (tertiary/aromatic N) is 1. The zero-order valence-electron chi connectivity index (χ0n) is 15.6. The van der Waals surface area contributed by atoms with E-state index >= 15 is 0 Å². The Bertz CT molecular complexity index is 477. The number of carbonyl (C=O) groups is 1. The molecule has 1 saturated heterocycles. The Balaban J connectivity index is 3.04. The van der Waals surface area contributed by atoms with Crippen molar-refractivity contribution < 1.29 is 32.8 Å². The van der Waals surface area contributed by atoms with E-state index in [0.29, 0.717) is 13.1 Å². The average molecular weight is 402 g/mol. The maximum Gasteiger partial charge on any atom is 0.339 e. The molecule has 148 valence electrons. The number of halogens is 1. The molecule has 10 heteroatoms. The third-order valence-electron chi connectivity index (χ3n) is 4.21. The molecule has 1 aliphatic rings. The lowest BCUT2D eigenvalue weighted by atomic mass is 10.1. The predicted molar refractivity (Wildman–Crippen MR) is 94.1 cm³/mol. The van der Waals surface area contributed by atoms with E-state index in [1.54, 1.807) is 21.0 Å². The molecule has 0 aromatic carbocycles. The zero-order valence-corrected chi connectivity index (χ0v) is 17.3. The first-order valence-corrected chi connectivity index (χ1v) is 10.2. The van der Waals surface area contributed by atoms with Crippen LogP contribution < -0.4 is 0 Å². The van der Waals surface area contributed by atoms with Gasteiger partial charge in [-0.25, -0.2) is 4.67 Å². The molecule has 1 fully saturated rings. The number of rotatable bonds is 11. The van der Waals surface area contributed by atoms with Crippen molar-refractivity contribution in [3.05, 3.63) is 0 Å². The van der Waals surface area contributed by atoms with E-state index in [0.717, 1.165) is 0 Å². The smallest absolute Gasteiger partial charge is 0.339 e. The summed E-state index contributed by atoms with van der Waals surface area (Å²) >= 11 is 6.42. The molecule has 0 bridgehead atoms. The van der Waals surface area contributed by atoms with Crippen LogP contribution in [0.1, 0.15) is 20.8 Å². The molecule has 0 amide bonds. The van der Waals surface area contributed by atoms with Gasteiger partial charge in [-0.3, -0.25) is 13.9 Å². The van der Waals surface area contributed by atoms with E-state index < -0.39 is 43.0 Å². The van der Waals surface area contributed by atoms with Gasteiger partial charge in [-0.15, -0.1) is 11.6 Å². The summed E-state index contributed by atoms with van der Waals surface area (Å²) in [5, 5.41) is -0.757. The second kappa shape index (κ2) is 10.3. The molecule has 1 heterocycles. The third kappa shape index (κ3) is 5.02. The summed E-state index contributed by atoms with van der Waals surface area (Å²) in [5.74, 6) is 0. The molecule has 0 saturated carbocycles. The van der Waals surface area contributed by atoms with Gasteiger partial charge >= 0.3 is 7.52 Å². The van der Waals surface area contributed by atoms with Gasteiger partial charge in [-0.2, -0.15) is 0 Å². The van der Waals surface area contributed by atoms with Crippen LogP contribution in [0.5, 0.6) is 0 Å². The summed E-state index contributed by atoms with van der Waals surface area (Å²) in [6.07, 6.45) is -2.67. The van der Waals surface area contributed by atoms with Gasteiger partial charge in [0.15, 0.2) is 6.29 Å². The average Bonchev–Trinajstić information content (AvgIpc) is 2.89. The van der Waals surface area contributed by atoms with Crippen LogP contribution in [0.2, 0.25) is 0 Å². The van der Waals surface area contributed by atoms with Gasteiger partial charge in [0.05, 0.1) is 6.61 Å². The van der Waals surface area contributed by atoms with Crippen molar-refractivity contribution in [3.63, 3.8) is 0 Å². The quantitative estimate of drug-likeness (QED) is 0.384. The molecule has 0 aromatic heterocycles. The number of carbonyl (C=O) groups excluding carboxylic acids is 1. The minimum absolute atomic E-state index is 0.262. The molecular formula is C15H29ClNO7P. The van der Waals surface area contributed by atoms with Crippen molar-refractivity contribution >= 4 is 24.6 Å². The van der Waals surface area contributed by atoms with Crippen molar-refractivity contribution in [1.29, 1.82) is 0 Å². The lowest BCUT2D eigenvalue weighted by molar-refractivity contribution is -0.143. The van der Waals surface area contributed by atoms with Crippen LogP contribution in [-0.2, 0) is 32.8 Å². The van der Waals surface area contributed by atoms with Crippen LogP contribution >= 0.6 is 19.1 Å². The Morgan fingerprint density at radius 1 is 1.28 bits per heavy atom. The van der Waals surface area contributed by atoms with E-state index in [1.165, 1.54) is 25.8 Å². The molecular weight excluding hydrogens is 373 g/mol. The first kappa shape index (κ1) is 23.0. The Hall–Kier alpha value is -0.0500. The molecule has 1 rings (SSSR count). The monoisotopic (exact) mass is 401 g/mol. The van der Waals surface area contributed by atoms with Crippen LogP contribution in [-0.4, -0.2) is 81.2 Å². The zero-order chi connectivity index (χ0) is 19.2. The van der Waals surface area contributed by atoms with Crippen molar-refractivity contribution in [1.82, 2.24) is 4.67 Å². The Labute approximate surface area is 154 Å². The van der Waals surface area contributed by atoms with Gasteiger partial charge in [0, 0.05) is 41.3 Å². The highest BCUT2D eigenvalue weighted by Crippen LogP contribution is 2.54. The summed E-state index contributed by atoms with van der Waals surface area (Å²) < 4.78 is 42.1. The largest absolute Gasteiger partial charge is 0.382 e. The molecule has 0 radical (unpaired) electrons.